The standard InChI is InChI=1S/C19H23FN2O4S/c1-5-26-17-10-13(4)6-9-16(17)21-19(23)14-7-8-15(20)18(11-14)27(24,25)22-12(2)3/h6-12,22H,5H2,1-4H3,(H,21,23). The van der Waals surface area contributed by atoms with Crippen molar-refractivity contribution in [3.05, 3.63) is 53.3 Å². The number of anilines is 1. The molecule has 6 nitrogen and oxygen atoms in total. The maximum Gasteiger partial charge on any atom is 0.255 e. The van der Waals surface area contributed by atoms with Gasteiger partial charge in [-0.2, -0.15) is 0 Å². The molecule has 0 bridgehead atoms. The first-order chi connectivity index (χ1) is 12.6. The van der Waals surface area contributed by atoms with Crippen LogP contribution in [0.5, 0.6) is 5.75 Å². The van der Waals surface area contributed by atoms with Crippen molar-refractivity contribution in [3.8, 4) is 5.75 Å². The monoisotopic (exact) mass is 394 g/mol. The Morgan fingerprint density at radius 3 is 2.52 bits per heavy atom. The van der Waals surface area contributed by atoms with Gasteiger partial charge in [0.15, 0.2) is 0 Å². The number of rotatable bonds is 7. The molecule has 2 aromatic rings. The van der Waals surface area contributed by atoms with Crippen LogP contribution in [0, 0.1) is 12.7 Å². The summed E-state index contributed by atoms with van der Waals surface area (Å²) >= 11 is 0. The second-order valence-electron chi connectivity index (χ2n) is 6.31. The molecule has 0 fully saturated rings. The van der Waals surface area contributed by atoms with Gasteiger partial charge in [0.05, 0.1) is 12.3 Å². The molecular weight excluding hydrogens is 371 g/mol. The highest BCUT2D eigenvalue weighted by molar-refractivity contribution is 7.89. The Bertz CT molecular complexity index is 943. The SMILES string of the molecule is CCOc1cc(C)ccc1NC(=O)c1ccc(F)c(S(=O)(=O)NC(C)C)c1. The van der Waals surface area contributed by atoms with E-state index < -0.39 is 32.7 Å². The van der Waals surface area contributed by atoms with E-state index in [1.165, 1.54) is 6.07 Å². The summed E-state index contributed by atoms with van der Waals surface area (Å²) in [5, 5.41) is 2.68. The predicted molar refractivity (Wildman–Crippen MR) is 102 cm³/mol. The highest BCUT2D eigenvalue weighted by atomic mass is 32.2. The molecule has 2 N–H and O–H groups in total. The van der Waals surface area contributed by atoms with Crippen molar-refractivity contribution in [2.24, 2.45) is 0 Å². The molecule has 0 aromatic heterocycles. The van der Waals surface area contributed by atoms with Crippen LogP contribution in [0.3, 0.4) is 0 Å². The van der Waals surface area contributed by atoms with Crippen LogP contribution in [0.2, 0.25) is 0 Å². The lowest BCUT2D eigenvalue weighted by Crippen LogP contribution is -2.31. The summed E-state index contributed by atoms with van der Waals surface area (Å²) in [6, 6.07) is 8.09. The molecular formula is C19H23FN2O4S. The fraction of sp³-hybridized carbons (Fsp3) is 0.316. The quantitative estimate of drug-likeness (QED) is 0.753. The number of sulfonamides is 1. The second kappa shape index (κ2) is 8.49. The Morgan fingerprint density at radius 2 is 1.89 bits per heavy atom. The molecule has 0 radical (unpaired) electrons. The molecule has 0 unspecified atom stereocenters. The molecule has 27 heavy (non-hydrogen) atoms. The zero-order valence-electron chi connectivity index (χ0n) is 15.7. The first-order valence-corrected chi connectivity index (χ1v) is 9.99. The van der Waals surface area contributed by atoms with Gasteiger partial charge in [0.1, 0.15) is 16.5 Å². The molecule has 0 aliphatic carbocycles. The summed E-state index contributed by atoms with van der Waals surface area (Å²) in [4.78, 5) is 12.0. The first kappa shape index (κ1) is 20.9. The molecule has 1 amide bonds. The van der Waals surface area contributed by atoms with E-state index >= 15 is 0 Å². The summed E-state index contributed by atoms with van der Waals surface area (Å²) in [7, 11) is -4.07. The van der Waals surface area contributed by atoms with E-state index in [-0.39, 0.29) is 5.56 Å². The van der Waals surface area contributed by atoms with Crippen LogP contribution >= 0.6 is 0 Å². The van der Waals surface area contributed by atoms with Gasteiger partial charge >= 0.3 is 0 Å². The summed E-state index contributed by atoms with van der Waals surface area (Å²) < 4.78 is 46.4. The van der Waals surface area contributed by atoms with Crippen LogP contribution in [-0.4, -0.2) is 27.0 Å². The summed E-state index contributed by atoms with van der Waals surface area (Å²) in [5.41, 5.74) is 1.43. The predicted octanol–water partition coefficient (Wildman–Crippen LogP) is 3.47. The van der Waals surface area contributed by atoms with Crippen molar-refractivity contribution in [2.45, 2.75) is 38.6 Å². The van der Waals surface area contributed by atoms with Gasteiger partial charge in [0.2, 0.25) is 10.0 Å². The molecule has 0 aliphatic rings. The van der Waals surface area contributed by atoms with E-state index in [1.54, 1.807) is 26.0 Å². The van der Waals surface area contributed by atoms with Gasteiger partial charge in [-0.15, -0.1) is 0 Å². The second-order valence-corrected chi connectivity index (χ2v) is 7.99. The van der Waals surface area contributed by atoms with Crippen molar-refractivity contribution < 1.29 is 22.3 Å². The van der Waals surface area contributed by atoms with E-state index in [0.717, 1.165) is 17.7 Å². The lowest BCUT2D eigenvalue weighted by Gasteiger charge is -2.14. The average molecular weight is 394 g/mol. The van der Waals surface area contributed by atoms with Crippen molar-refractivity contribution in [2.75, 3.05) is 11.9 Å². The normalized spacial score (nSPS) is 11.5. The molecule has 0 spiro atoms. The number of carbonyl (C=O) groups excluding carboxylic acids is 1. The van der Waals surface area contributed by atoms with Crippen molar-refractivity contribution >= 4 is 21.6 Å². The molecule has 8 heteroatoms. The molecule has 2 rings (SSSR count). The minimum Gasteiger partial charge on any atom is -0.492 e. The third-order valence-electron chi connectivity index (χ3n) is 3.56. The topological polar surface area (TPSA) is 84.5 Å². The summed E-state index contributed by atoms with van der Waals surface area (Å²) in [5.74, 6) is -0.992. The minimum absolute atomic E-state index is 0.0172. The molecule has 0 saturated carbocycles. The number of carbonyl (C=O) groups is 1. The highest BCUT2D eigenvalue weighted by Crippen LogP contribution is 2.27. The van der Waals surface area contributed by atoms with E-state index in [0.29, 0.717) is 18.0 Å². The smallest absolute Gasteiger partial charge is 0.255 e. The Labute approximate surface area is 158 Å². The van der Waals surface area contributed by atoms with E-state index in [4.69, 9.17) is 4.74 Å². The summed E-state index contributed by atoms with van der Waals surface area (Å²) in [6.07, 6.45) is 0. The van der Waals surface area contributed by atoms with Gasteiger partial charge in [0, 0.05) is 11.6 Å². The third-order valence-corrected chi connectivity index (χ3v) is 5.23. The number of hydrogen-bond donors (Lipinski definition) is 2. The summed E-state index contributed by atoms with van der Waals surface area (Å²) in [6.45, 7) is 7.39. The van der Waals surface area contributed by atoms with Gasteiger partial charge < -0.3 is 10.1 Å². The fourth-order valence-electron chi connectivity index (χ4n) is 2.43. The van der Waals surface area contributed by atoms with Gasteiger partial charge in [-0.25, -0.2) is 17.5 Å². The molecule has 146 valence electrons. The number of amides is 1. The van der Waals surface area contributed by atoms with Gasteiger partial charge in [0.25, 0.3) is 5.91 Å². The lowest BCUT2D eigenvalue weighted by atomic mass is 10.1. The highest BCUT2D eigenvalue weighted by Gasteiger charge is 2.22. The largest absolute Gasteiger partial charge is 0.492 e. The first-order valence-electron chi connectivity index (χ1n) is 8.50. The van der Waals surface area contributed by atoms with Crippen LogP contribution < -0.4 is 14.8 Å². The maximum atomic E-state index is 14.0. The number of aryl methyl sites for hydroxylation is 1. The number of ether oxygens (including phenoxy) is 1. The van der Waals surface area contributed by atoms with Crippen molar-refractivity contribution in [1.82, 2.24) is 4.72 Å². The lowest BCUT2D eigenvalue weighted by molar-refractivity contribution is 0.102. The van der Waals surface area contributed by atoms with E-state index in [2.05, 4.69) is 10.0 Å². The van der Waals surface area contributed by atoms with E-state index in [9.17, 15) is 17.6 Å². The Balaban J connectivity index is 2.34. The maximum absolute atomic E-state index is 14.0. The number of nitrogens with one attached hydrogen (secondary N) is 2. The van der Waals surface area contributed by atoms with Crippen LogP contribution in [0.4, 0.5) is 10.1 Å². The van der Waals surface area contributed by atoms with Crippen LogP contribution in [0.25, 0.3) is 0 Å². The number of halogens is 1. The van der Waals surface area contributed by atoms with Crippen LogP contribution in [-0.2, 0) is 10.0 Å². The van der Waals surface area contributed by atoms with Crippen LogP contribution in [0.15, 0.2) is 41.3 Å². The number of benzene rings is 2. The van der Waals surface area contributed by atoms with Crippen molar-refractivity contribution in [1.29, 1.82) is 0 Å². The molecule has 0 heterocycles. The minimum atomic E-state index is -4.07. The molecule has 0 atom stereocenters. The zero-order valence-corrected chi connectivity index (χ0v) is 16.5. The Morgan fingerprint density at radius 1 is 1.19 bits per heavy atom. The zero-order chi connectivity index (χ0) is 20.2. The van der Waals surface area contributed by atoms with E-state index in [1.807, 2.05) is 19.9 Å². The van der Waals surface area contributed by atoms with Gasteiger partial charge in [-0.05, 0) is 63.6 Å². The molecule has 0 saturated heterocycles. The molecule has 0 aliphatic heterocycles. The van der Waals surface area contributed by atoms with Crippen molar-refractivity contribution in [3.63, 3.8) is 0 Å². The number of hydrogen-bond acceptors (Lipinski definition) is 4. The Hall–Kier alpha value is -2.45. The third kappa shape index (κ3) is 5.27. The fourth-order valence-corrected chi connectivity index (χ4v) is 3.78. The Kier molecular flexibility index (Phi) is 6.56. The average Bonchev–Trinajstić information content (AvgIpc) is 2.56. The molecule has 2 aromatic carbocycles. The van der Waals surface area contributed by atoms with Gasteiger partial charge in [-0.1, -0.05) is 6.07 Å². The van der Waals surface area contributed by atoms with Gasteiger partial charge in [-0.3, -0.25) is 4.79 Å². The van der Waals surface area contributed by atoms with Crippen LogP contribution in [0.1, 0.15) is 36.7 Å².